The van der Waals surface area contributed by atoms with E-state index < -0.39 is 6.10 Å². The molecular weight excluding hydrogens is 323 g/mol. The minimum Gasteiger partial charge on any atom is -0.457 e. The van der Waals surface area contributed by atoms with Gasteiger partial charge in [0.25, 0.3) is 0 Å². The summed E-state index contributed by atoms with van der Waals surface area (Å²) in [6.07, 6.45) is 1.11. The number of ether oxygens (including phenoxy) is 2. The summed E-state index contributed by atoms with van der Waals surface area (Å²) in [6.45, 7) is 0.863. The molecule has 1 saturated heterocycles. The minimum absolute atomic E-state index is 0.0151. The van der Waals surface area contributed by atoms with Crippen LogP contribution in [0.5, 0.6) is 11.5 Å². The maximum absolute atomic E-state index is 12.9. The number of nitrogens with two attached hydrogens (primary N) is 1. The maximum Gasteiger partial charge on any atom is 0.249 e. The van der Waals surface area contributed by atoms with Gasteiger partial charge in [-0.3, -0.25) is 4.79 Å². The fraction of sp³-hybridized carbons (Fsp3) is 0.316. The second-order valence-electron chi connectivity index (χ2n) is 5.98. The molecule has 25 heavy (non-hydrogen) atoms. The molecule has 1 aliphatic rings. The van der Waals surface area contributed by atoms with Gasteiger partial charge >= 0.3 is 0 Å². The summed E-state index contributed by atoms with van der Waals surface area (Å²) in [4.78, 5) is 12.1. The first-order chi connectivity index (χ1) is 12.1. The first-order valence-electron chi connectivity index (χ1n) is 8.29. The zero-order valence-corrected chi connectivity index (χ0v) is 13.8. The third-order valence-electron chi connectivity index (χ3n) is 4.10. The van der Waals surface area contributed by atoms with Crippen LogP contribution in [-0.4, -0.2) is 24.7 Å². The Bertz CT molecular complexity index is 704. The molecule has 3 N–H and O–H groups in total. The molecule has 0 aliphatic carbocycles. The summed E-state index contributed by atoms with van der Waals surface area (Å²) in [5.41, 5.74) is 6.50. The molecule has 132 valence electrons. The largest absolute Gasteiger partial charge is 0.457 e. The zero-order valence-electron chi connectivity index (χ0n) is 13.8. The Hall–Kier alpha value is -2.44. The van der Waals surface area contributed by atoms with Crippen molar-refractivity contribution in [2.45, 2.75) is 31.6 Å². The van der Waals surface area contributed by atoms with Crippen molar-refractivity contribution in [1.29, 1.82) is 0 Å². The SMILES string of the molecule is NC[C@H]1CC[C@@H](C(=O)NCc2ccc(Oc3ccc(F)cc3)cc2)O1. The lowest BCUT2D eigenvalue weighted by Gasteiger charge is -2.13. The van der Waals surface area contributed by atoms with E-state index in [1.165, 1.54) is 12.1 Å². The number of carbonyl (C=O) groups is 1. The number of benzene rings is 2. The van der Waals surface area contributed by atoms with E-state index in [2.05, 4.69) is 5.32 Å². The van der Waals surface area contributed by atoms with E-state index in [-0.39, 0.29) is 17.8 Å². The molecule has 2 atom stereocenters. The first-order valence-corrected chi connectivity index (χ1v) is 8.29. The molecule has 2 aromatic rings. The van der Waals surface area contributed by atoms with Crippen LogP contribution in [-0.2, 0) is 16.1 Å². The normalized spacial score (nSPS) is 19.6. The number of halogens is 1. The molecule has 0 spiro atoms. The summed E-state index contributed by atoms with van der Waals surface area (Å²) in [5, 5.41) is 2.87. The number of carbonyl (C=O) groups excluding carboxylic acids is 1. The Kier molecular flexibility index (Phi) is 5.63. The highest BCUT2D eigenvalue weighted by molar-refractivity contribution is 5.81. The third kappa shape index (κ3) is 4.78. The lowest BCUT2D eigenvalue weighted by molar-refractivity contribution is -0.132. The smallest absolute Gasteiger partial charge is 0.249 e. The van der Waals surface area contributed by atoms with Gasteiger partial charge in [-0.25, -0.2) is 4.39 Å². The predicted molar refractivity (Wildman–Crippen MR) is 91.7 cm³/mol. The minimum atomic E-state index is -0.408. The summed E-state index contributed by atoms with van der Waals surface area (Å²) < 4.78 is 24.1. The van der Waals surface area contributed by atoms with Gasteiger partial charge in [0, 0.05) is 13.1 Å². The Morgan fingerprint density at radius 2 is 1.76 bits per heavy atom. The van der Waals surface area contributed by atoms with Crippen LogP contribution >= 0.6 is 0 Å². The third-order valence-corrected chi connectivity index (χ3v) is 4.10. The summed E-state index contributed by atoms with van der Waals surface area (Å²) in [5.74, 6) is 0.798. The lowest BCUT2D eigenvalue weighted by Crippen LogP contribution is -2.35. The van der Waals surface area contributed by atoms with E-state index in [1.807, 2.05) is 12.1 Å². The molecule has 0 unspecified atom stereocenters. The number of hydrogen-bond donors (Lipinski definition) is 2. The van der Waals surface area contributed by atoms with Gasteiger partial charge < -0.3 is 20.5 Å². The van der Waals surface area contributed by atoms with Crippen LogP contribution in [0, 0.1) is 5.82 Å². The Labute approximate surface area is 145 Å². The van der Waals surface area contributed by atoms with Gasteiger partial charge in [0.15, 0.2) is 0 Å². The number of nitrogens with one attached hydrogen (secondary N) is 1. The highest BCUT2D eigenvalue weighted by Crippen LogP contribution is 2.22. The Morgan fingerprint density at radius 1 is 1.12 bits per heavy atom. The second kappa shape index (κ2) is 8.09. The van der Waals surface area contributed by atoms with Crippen molar-refractivity contribution in [2.75, 3.05) is 6.54 Å². The van der Waals surface area contributed by atoms with E-state index in [0.717, 1.165) is 12.0 Å². The van der Waals surface area contributed by atoms with E-state index in [1.54, 1.807) is 24.3 Å². The highest BCUT2D eigenvalue weighted by Gasteiger charge is 2.29. The standard InChI is InChI=1S/C19H21FN2O3/c20-14-3-7-16(8-4-14)24-15-5-1-13(2-6-15)12-22-19(23)18-10-9-17(11-21)25-18/h1-8,17-18H,9-12,21H2,(H,22,23)/t17-,18+/m1/s1. The first kappa shape index (κ1) is 17.4. The van der Waals surface area contributed by atoms with Gasteiger partial charge in [-0.05, 0) is 54.8 Å². The molecule has 3 rings (SSSR count). The van der Waals surface area contributed by atoms with Crippen LogP contribution in [0.2, 0.25) is 0 Å². The Balaban J connectivity index is 1.49. The second-order valence-corrected chi connectivity index (χ2v) is 5.98. The summed E-state index contributed by atoms with van der Waals surface area (Å²) in [7, 11) is 0. The monoisotopic (exact) mass is 344 g/mol. The van der Waals surface area contributed by atoms with Crippen LogP contribution < -0.4 is 15.8 Å². The molecule has 1 fully saturated rings. The lowest BCUT2D eigenvalue weighted by atomic mass is 10.1. The van der Waals surface area contributed by atoms with Crippen molar-refractivity contribution < 1.29 is 18.7 Å². The molecule has 1 amide bonds. The quantitative estimate of drug-likeness (QED) is 0.845. The molecule has 0 aromatic heterocycles. The predicted octanol–water partition coefficient (Wildman–Crippen LogP) is 2.74. The van der Waals surface area contributed by atoms with E-state index >= 15 is 0 Å². The number of amides is 1. The van der Waals surface area contributed by atoms with Gasteiger partial charge in [-0.2, -0.15) is 0 Å². The number of rotatable bonds is 6. The highest BCUT2D eigenvalue weighted by atomic mass is 19.1. The average molecular weight is 344 g/mol. The number of hydrogen-bond acceptors (Lipinski definition) is 4. The van der Waals surface area contributed by atoms with Crippen molar-refractivity contribution in [3.8, 4) is 11.5 Å². The molecule has 0 bridgehead atoms. The van der Waals surface area contributed by atoms with Crippen molar-refractivity contribution in [3.63, 3.8) is 0 Å². The molecular formula is C19H21FN2O3. The zero-order chi connectivity index (χ0) is 17.6. The molecule has 6 heteroatoms. The molecule has 5 nitrogen and oxygen atoms in total. The van der Waals surface area contributed by atoms with Crippen molar-refractivity contribution in [3.05, 3.63) is 59.9 Å². The molecule has 1 heterocycles. The Morgan fingerprint density at radius 3 is 2.36 bits per heavy atom. The molecule has 2 aromatic carbocycles. The van der Waals surface area contributed by atoms with Crippen LogP contribution in [0.25, 0.3) is 0 Å². The molecule has 1 aliphatic heterocycles. The van der Waals surface area contributed by atoms with Gasteiger partial charge in [0.2, 0.25) is 5.91 Å². The molecule has 0 saturated carbocycles. The van der Waals surface area contributed by atoms with Crippen molar-refractivity contribution in [1.82, 2.24) is 5.32 Å². The fourth-order valence-corrected chi connectivity index (χ4v) is 2.69. The van der Waals surface area contributed by atoms with E-state index in [4.69, 9.17) is 15.2 Å². The van der Waals surface area contributed by atoms with Crippen LogP contribution in [0.3, 0.4) is 0 Å². The summed E-state index contributed by atoms with van der Waals surface area (Å²) in [6, 6.07) is 13.2. The fourth-order valence-electron chi connectivity index (χ4n) is 2.69. The maximum atomic E-state index is 12.9. The van der Waals surface area contributed by atoms with Gasteiger partial charge in [0.05, 0.1) is 6.10 Å². The van der Waals surface area contributed by atoms with Gasteiger partial charge in [-0.1, -0.05) is 12.1 Å². The van der Waals surface area contributed by atoms with Gasteiger partial charge in [0.1, 0.15) is 23.4 Å². The average Bonchev–Trinajstić information content (AvgIpc) is 3.12. The molecule has 0 radical (unpaired) electrons. The van der Waals surface area contributed by atoms with E-state index in [0.29, 0.717) is 31.0 Å². The van der Waals surface area contributed by atoms with Crippen LogP contribution in [0.4, 0.5) is 4.39 Å². The van der Waals surface area contributed by atoms with Crippen LogP contribution in [0.1, 0.15) is 18.4 Å². The van der Waals surface area contributed by atoms with Crippen molar-refractivity contribution >= 4 is 5.91 Å². The van der Waals surface area contributed by atoms with E-state index in [9.17, 15) is 9.18 Å². The van der Waals surface area contributed by atoms with Crippen LogP contribution in [0.15, 0.2) is 48.5 Å². The topological polar surface area (TPSA) is 73.6 Å². The summed E-state index contributed by atoms with van der Waals surface area (Å²) >= 11 is 0. The van der Waals surface area contributed by atoms with Crippen molar-refractivity contribution in [2.24, 2.45) is 5.73 Å². The van der Waals surface area contributed by atoms with Gasteiger partial charge in [-0.15, -0.1) is 0 Å².